The SMILES string of the molecule is O=C(CSC1=Nc2ccccc2C2=NC(=O)C(Cc3ccccc3)N12)Nc1ccccc1Cl. The molecule has 164 valence electrons. The fraction of sp³-hybridized carbons (Fsp3) is 0.120. The van der Waals surface area contributed by atoms with E-state index in [-0.39, 0.29) is 17.6 Å². The summed E-state index contributed by atoms with van der Waals surface area (Å²) in [6.45, 7) is 0. The minimum Gasteiger partial charge on any atom is -0.324 e. The zero-order chi connectivity index (χ0) is 22.8. The van der Waals surface area contributed by atoms with Crippen LogP contribution in [0, 0.1) is 0 Å². The van der Waals surface area contributed by atoms with Crippen LogP contribution in [0.1, 0.15) is 11.1 Å². The maximum Gasteiger partial charge on any atom is 0.271 e. The first-order chi connectivity index (χ1) is 16.1. The van der Waals surface area contributed by atoms with Gasteiger partial charge < -0.3 is 5.32 Å². The van der Waals surface area contributed by atoms with Crippen molar-refractivity contribution in [1.29, 1.82) is 0 Å². The van der Waals surface area contributed by atoms with Crippen molar-refractivity contribution in [3.05, 3.63) is 95.0 Å². The summed E-state index contributed by atoms with van der Waals surface area (Å²) in [7, 11) is 0. The highest BCUT2D eigenvalue weighted by Gasteiger charge is 2.41. The zero-order valence-electron chi connectivity index (χ0n) is 17.4. The van der Waals surface area contributed by atoms with E-state index in [1.165, 1.54) is 11.8 Å². The lowest BCUT2D eigenvalue weighted by Crippen LogP contribution is -2.45. The molecule has 0 aromatic heterocycles. The van der Waals surface area contributed by atoms with Crippen molar-refractivity contribution in [2.75, 3.05) is 11.1 Å². The predicted octanol–water partition coefficient (Wildman–Crippen LogP) is 4.91. The Morgan fingerprint density at radius 1 is 0.970 bits per heavy atom. The molecule has 6 nitrogen and oxygen atoms in total. The normalized spacial score (nSPS) is 16.6. The number of amidine groups is 2. The lowest BCUT2D eigenvalue weighted by Gasteiger charge is -2.31. The third-order valence-corrected chi connectivity index (χ3v) is 6.64. The van der Waals surface area contributed by atoms with E-state index in [0.29, 0.717) is 28.1 Å². The first-order valence-corrected chi connectivity index (χ1v) is 11.8. The standard InChI is InChI=1S/C25H19ClN4O2S/c26-18-11-5-7-13-20(18)27-22(31)15-33-25-28-19-12-6-4-10-17(19)23-29-24(32)21(30(23)25)14-16-8-2-1-3-9-16/h1-13,21H,14-15H2,(H,27,31). The molecule has 3 aromatic carbocycles. The van der Waals surface area contributed by atoms with Crippen LogP contribution < -0.4 is 5.32 Å². The maximum atomic E-state index is 12.9. The lowest BCUT2D eigenvalue weighted by molar-refractivity contribution is -0.119. The van der Waals surface area contributed by atoms with Crippen LogP contribution in [-0.4, -0.2) is 39.5 Å². The molecule has 0 saturated heterocycles. The van der Waals surface area contributed by atoms with Gasteiger partial charge in [-0.1, -0.05) is 78.0 Å². The summed E-state index contributed by atoms with van der Waals surface area (Å²) in [5.41, 5.74) is 3.13. The molecule has 2 aliphatic heterocycles. The number of carbonyl (C=O) groups is 2. The Labute approximate surface area is 200 Å². The highest BCUT2D eigenvalue weighted by Crippen LogP contribution is 2.35. The fourth-order valence-electron chi connectivity index (χ4n) is 3.82. The molecule has 3 aromatic rings. The summed E-state index contributed by atoms with van der Waals surface area (Å²) in [6.07, 6.45) is 0.500. The van der Waals surface area contributed by atoms with Gasteiger partial charge in [0.25, 0.3) is 5.91 Å². The number of aliphatic imine (C=N–C) groups is 2. The summed E-state index contributed by atoms with van der Waals surface area (Å²) in [5.74, 6) is 0.278. The summed E-state index contributed by atoms with van der Waals surface area (Å²) in [6, 6.07) is 24.0. The number of thioether (sulfide) groups is 1. The molecule has 2 aliphatic rings. The van der Waals surface area contributed by atoms with Crippen LogP contribution in [0.15, 0.2) is 88.8 Å². The van der Waals surface area contributed by atoms with Gasteiger partial charge in [-0.3, -0.25) is 14.5 Å². The molecule has 8 heteroatoms. The van der Waals surface area contributed by atoms with Gasteiger partial charge in [0.2, 0.25) is 5.91 Å². The number of hydrogen-bond acceptors (Lipinski definition) is 5. The van der Waals surface area contributed by atoms with Crippen molar-refractivity contribution in [2.45, 2.75) is 12.5 Å². The molecular formula is C25H19ClN4O2S. The Morgan fingerprint density at radius 3 is 2.52 bits per heavy atom. The number of amides is 2. The molecule has 1 N–H and O–H groups in total. The van der Waals surface area contributed by atoms with Crippen molar-refractivity contribution in [3.8, 4) is 0 Å². The van der Waals surface area contributed by atoms with E-state index < -0.39 is 6.04 Å². The second-order valence-electron chi connectivity index (χ2n) is 7.58. The average molecular weight is 475 g/mol. The maximum absolute atomic E-state index is 12.9. The fourth-order valence-corrected chi connectivity index (χ4v) is 4.85. The van der Waals surface area contributed by atoms with Crippen LogP contribution in [0.4, 0.5) is 11.4 Å². The summed E-state index contributed by atoms with van der Waals surface area (Å²) in [4.78, 5) is 36.6. The Kier molecular flexibility index (Phi) is 5.98. The molecule has 33 heavy (non-hydrogen) atoms. The number of carbonyl (C=O) groups excluding carboxylic acids is 2. The van der Waals surface area contributed by atoms with Gasteiger partial charge in [-0.2, -0.15) is 4.99 Å². The largest absolute Gasteiger partial charge is 0.324 e. The van der Waals surface area contributed by atoms with Gasteiger partial charge in [-0.25, -0.2) is 4.99 Å². The van der Waals surface area contributed by atoms with Gasteiger partial charge >= 0.3 is 0 Å². The Bertz CT molecular complexity index is 1290. The third kappa shape index (κ3) is 4.42. The van der Waals surface area contributed by atoms with Crippen LogP contribution in [0.5, 0.6) is 0 Å². The summed E-state index contributed by atoms with van der Waals surface area (Å²) >= 11 is 7.43. The summed E-state index contributed by atoms with van der Waals surface area (Å²) < 4.78 is 0. The minimum absolute atomic E-state index is 0.113. The molecule has 0 saturated carbocycles. The van der Waals surface area contributed by atoms with Gasteiger partial charge in [0.15, 0.2) is 5.17 Å². The molecule has 0 fully saturated rings. The Balaban J connectivity index is 1.40. The van der Waals surface area contributed by atoms with Crippen molar-refractivity contribution < 1.29 is 9.59 Å². The molecule has 0 spiro atoms. The second-order valence-corrected chi connectivity index (χ2v) is 8.93. The van der Waals surface area contributed by atoms with Crippen LogP contribution in [0.3, 0.4) is 0 Å². The van der Waals surface area contributed by atoms with Crippen LogP contribution in [0.25, 0.3) is 0 Å². The van der Waals surface area contributed by atoms with E-state index in [2.05, 4.69) is 10.3 Å². The number of benzene rings is 3. The molecular weight excluding hydrogens is 456 g/mol. The van der Waals surface area contributed by atoms with Crippen molar-refractivity contribution in [2.24, 2.45) is 9.98 Å². The van der Waals surface area contributed by atoms with Crippen molar-refractivity contribution in [3.63, 3.8) is 0 Å². The van der Waals surface area contributed by atoms with Gasteiger partial charge in [-0.15, -0.1) is 0 Å². The number of nitrogens with one attached hydrogen (secondary N) is 1. The Morgan fingerprint density at radius 2 is 1.70 bits per heavy atom. The molecule has 1 unspecified atom stereocenters. The van der Waals surface area contributed by atoms with Crippen molar-refractivity contribution in [1.82, 2.24) is 4.90 Å². The van der Waals surface area contributed by atoms with Crippen LogP contribution >= 0.6 is 23.4 Å². The highest BCUT2D eigenvalue weighted by atomic mass is 35.5. The zero-order valence-corrected chi connectivity index (χ0v) is 19.0. The molecule has 0 aliphatic carbocycles. The number of halogens is 1. The van der Waals surface area contributed by atoms with E-state index in [9.17, 15) is 9.59 Å². The van der Waals surface area contributed by atoms with E-state index in [1.54, 1.807) is 18.2 Å². The molecule has 2 amide bonds. The van der Waals surface area contributed by atoms with E-state index >= 15 is 0 Å². The number of anilines is 1. The molecule has 5 rings (SSSR count). The van der Waals surface area contributed by atoms with E-state index in [1.807, 2.05) is 65.6 Å². The third-order valence-electron chi connectivity index (χ3n) is 5.36. The minimum atomic E-state index is -0.506. The van der Waals surface area contributed by atoms with Gasteiger partial charge in [0, 0.05) is 12.0 Å². The molecule has 0 radical (unpaired) electrons. The molecule has 2 heterocycles. The second kappa shape index (κ2) is 9.21. The monoisotopic (exact) mass is 474 g/mol. The van der Waals surface area contributed by atoms with Gasteiger partial charge in [0.05, 0.1) is 22.2 Å². The number of fused-ring (bicyclic) bond motifs is 3. The van der Waals surface area contributed by atoms with E-state index in [4.69, 9.17) is 16.6 Å². The molecule has 1 atom stereocenters. The first-order valence-electron chi connectivity index (χ1n) is 10.4. The van der Waals surface area contributed by atoms with Gasteiger partial charge in [0.1, 0.15) is 11.9 Å². The summed E-state index contributed by atoms with van der Waals surface area (Å²) in [5, 5.41) is 3.88. The average Bonchev–Trinajstić information content (AvgIpc) is 3.16. The van der Waals surface area contributed by atoms with Gasteiger partial charge in [-0.05, 0) is 29.8 Å². The quantitative estimate of drug-likeness (QED) is 0.570. The smallest absolute Gasteiger partial charge is 0.271 e. The Hall–Kier alpha value is -3.42. The number of para-hydroxylation sites is 2. The predicted molar refractivity (Wildman–Crippen MR) is 133 cm³/mol. The van der Waals surface area contributed by atoms with Crippen molar-refractivity contribution >= 4 is 57.6 Å². The lowest BCUT2D eigenvalue weighted by atomic mass is 10.0. The van der Waals surface area contributed by atoms with E-state index in [0.717, 1.165) is 16.8 Å². The number of hydrogen-bond donors (Lipinski definition) is 1. The highest BCUT2D eigenvalue weighted by molar-refractivity contribution is 8.14. The van der Waals surface area contributed by atoms with Crippen LogP contribution in [-0.2, 0) is 16.0 Å². The number of rotatable bonds is 5. The topological polar surface area (TPSA) is 74.1 Å². The first kappa shape index (κ1) is 21.4. The number of nitrogens with zero attached hydrogens (tertiary/aromatic N) is 3. The molecule has 0 bridgehead atoms. The van der Waals surface area contributed by atoms with Crippen LogP contribution in [0.2, 0.25) is 5.02 Å².